The number of nitrogens with zero attached hydrogens (tertiary/aromatic N) is 3. The molecular formula is C8H12N4O2S. The Labute approximate surface area is 88.0 Å². The van der Waals surface area contributed by atoms with Crippen LogP contribution in [0, 0.1) is 0 Å². The third kappa shape index (κ3) is 2.35. The van der Waals surface area contributed by atoms with E-state index >= 15 is 0 Å². The molecule has 1 aliphatic rings. The van der Waals surface area contributed by atoms with E-state index in [1.807, 2.05) is 4.90 Å². The second kappa shape index (κ2) is 3.65. The van der Waals surface area contributed by atoms with Gasteiger partial charge in [0.05, 0.1) is 11.5 Å². The van der Waals surface area contributed by atoms with E-state index in [1.54, 1.807) is 12.1 Å². The minimum Gasteiger partial charge on any atom is -0.382 e. The molecule has 2 N–H and O–H groups in total. The summed E-state index contributed by atoms with van der Waals surface area (Å²) >= 11 is 0. The Morgan fingerprint density at radius 1 is 1.20 bits per heavy atom. The van der Waals surface area contributed by atoms with Crippen molar-refractivity contribution < 1.29 is 8.42 Å². The van der Waals surface area contributed by atoms with Gasteiger partial charge in [0.25, 0.3) is 0 Å². The Morgan fingerprint density at radius 3 is 2.40 bits per heavy atom. The molecule has 0 spiro atoms. The number of anilines is 2. The Balaban J connectivity index is 2.11. The van der Waals surface area contributed by atoms with Crippen LogP contribution in [0.2, 0.25) is 0 Å². The van der Waals surface area contributed by atoms with Crippen molar-refractivity contribution in [3.05, 3.63) is 12.1 Å². The molecule has 0 aromatic carbocycles. The van der Waals surface area contributed by atoms with Crippen molar-refractivity contribution in [1.29, 1.82) is 0 Å². The van der Waals surface area contributed by atoms with Crippen LogP contribution in [-0.4, -0.2) is 43.2 Å². The van der Waals surface area contributed by atoms with Crippen LogP contribution in [0.4, 0.5) is 11.6 Å². The van der Waals surface area contributed by atoms with Crippen molar-refractivity contribution in [2.45, 2.75) is 0 Å². The summed E-state index contributed by atoms with van der Waals surface area (Å²) in [5, 5.41) is 7.63. The number of nitrogen functional groups attached to an aromatic ring is 1. The molecule has 6 nitrogen and oxygen atoms in total. The Hall–Kier alpha value is -1.37. The van der Waals surface area contributed by atoms with Crippen molar-refractivity contribution in [2.75, 3.05) is 35.2 Å². The van der Waals surface area contributed by atoms with E-state index in [1.165, 1.54) is 0 Å². The van der Waals surface area contributed by atoms with Crippen LogP contribution >= 0.6 is 0 Å². The smallest absolute Gasteiger partial charge is 0.153 e. The van der Waals surface area contributed by atoms with Crippen molar-refractivity contribution in [2.24, 2.45) is 0 Å². The van der Waals surface area contributed by atoms with Gasteiger partial charge in [0.15, 0.2) is 15.7 Å². The molecule has 0 saturated carbocycles. The summed E-state index contributed by atoms with van der Waals surface area (Å²) in [5.41, 5.74) is 5.41. The molecule has 1 aliphatic heterocycles. The Bertz CT molecular complexity index is 428. The van der Waals surface area contributed by atoms with Gasteiger partial charge in [-0.05, 0) is 12.1 Å². The molecule has 1 aromatic heterocycles. The van der Waals surface area contributed by atoms with Crippen molar-refractivity contribution in [3.63, 3.8) is 0 Å². The molecule has 0 aliphatic carbocycles. The normalized spacial score (nSPS) is 20.1. The van der Waals surface area contributed by atoms with E-state index in [4.69, 9.17) is 5.73 Å². The third-order valence-corrected chi connectivity index (χ3v) is 3.95. The maximum Gasteiger partial charge on any atom is 0.153 e. The molecule has 1 aromatic rings. The van der Waals surface area contributed by atoms with Gasteiger partial charge in [-0.15, -0.1) is 10.2 Å². The zero-order chi connectivity index (χ0) is 10.9. The van der Waals surface area contributed by atoms with E-state index in [0.29, 0.717) is 24.7 Å². The number of hydrogen-bond acceptors (Lipinski definition) is 6. The molecule has 0 unspecified atom stereocenters. The first-order chi connectivity index (χ1) is 7.07. The molecule has 1 fully saturated rings. The molecule has 0 bridgehead atoms. The molecule has 0 amide bonds. The fourth-order valence-corrected chi connectivity index (χ4v) is 2.65. The highest BCUT2D eigenvalue weighted by atomic mass is 32.2. The van der Waals surface area contributed by atoms with Gasteiger partial charge in [0.1, 0.15) is 5.82 Å². The molecule has 1 saturated heterocycles. The van der Waals surface area contributed by atoms with Crippen LogP contribution < -0.4 is 10.6 Å². The van der Waals surface area contributed by atoms with Gasteiger partial charge in [-0.1, -0.05) is 0 Å². The van der Waals surface area contributed by atoms with Gasteiger partial charge in [0, 0.05) is 13.1 Å². The summed E-state index contributed by atoms with van der Waals surface area (Å²) in [5.74, 6) is 1.40. The number of rotatable bonds is 1. The number of hydrogen-bond donors (Lipinski definition) is 1. The average Bonchev–Trinajstić information content (AvgIpc) is 2.20. The van der Waals surface area contributed by atoms with E-state index in [2.05, 4.69) is 10.2 Å². The van der Waals surface area contributed by atoms with E-state index in [0.717, 1.165) is 0 Å². The second-order valence-electron chi connectivity index (χ2n) is 3.46. The standard InChI is InChI=1S/C8H12N4O2S/c9-7-1-2-8(11-10-7)12-3-5-15(13,14)6-4-12/h1-2H,3-6H2,(H2,9,10). The van der Waals surface area contributed by atoms with Gasteiger partial charge in [0.2, 0.25) is 0 Å². The van der Waals surface area contributed by atoms with Crippen molar-refractivity contribution in [1.82, 2.24) is 10.2 Å². The number of sulfone groups is 1. The van der Waals surface area contributed by atoms with Crippen LogP contribution in [0.1, 0.15) is 0 Å². The van der Waals surface area contributed by atoms with Crippen LogP contribution in [0.5, 0.6) is 0 Å². The highest BCUT2D eigenvalue weighted by molar-refractivity contribution is 7.91. The summed E-state index contributed by atoms with van der Waals surface area (Å²) in [4.78, 5) is 1.90. The molecule has 0 atom stereocenters. The minimum absolute atomic E-state index is 0.180. The monoisotopic (exact) mass is 228 g/mol. The largest absolute Gasteiger partial charge is 0.382 e. The Kier molecular flexibility index (Phi) is 2.47. The lowest BCUT2D eigenvalue weighted by Gasteiger charge is -2.27. The molecule has 2 heterocycles. The third-order valence-electron chi connectivity index (χ3n) is 2.34. The summed E-state index contributed by atoms with van der Waals surface area (Å²) in [7, 11) is -2.85. The number of aromatic nitrogens is 2. The quantitative estimate of drug-likeness (QED) is 0.683. The first-order valence-electron chi connectivity index (χ1n) is 4.61. The van der Waals surface area contributed by atoms with Crippen LogP contribution in [0.25, 0.3) is 0 Å². The van der Waals surface area contributed by atoms with Gasteiger partial charge in [-0.25, -0.2) is 8.42 Å². The van der Waals surface area contributed by atoms with Gasteiger partial charge in [-0.3, -0.25) is 0 Å². The van der Waals surface area contributed by atoms with E-state index < -0.39 is 9.84 Å². The predicted molar refractivity (Wildman–Crippen MR) is 57.3 cm³/mol. The SMILES string of the molecule is Nc1ccc(N2CCS(=O)(=O)CC2)nn1. The summed E-state index contributed by atoms with van der Waals surface area (Å²) in [6.07, 6.45) is 0. The van der Waals surface area contributed by atoms with E-state index in [9.17, 15) is 8.42 Å². The highest BCUT2D eigenvalue weighted by Gasteiger charge is 2.22. The topological polar surface area (TPSA) is 89.2 Å². The minimum atomic E-state index is -2.85. The maximum atomic E-state index is 11.2. The van der Waals surface area contributed by atoms with E-state index in [-0.39, 0.29) is 11.5 Å². The molecule has 2 rings (SSSR count). The van der Waals surface area contributed by atoms with Crippen LogP contribution in [0.15, 0.2) is 12.1 Å². The first-order valence-corrected chi connectivity index (χ1v) is 6.43. The first kappa shape index (κ1) is 10.2. The molecule has 0 radical (unpaired) electrons. The molecular weight excluding hydrogens is 216 g/mol. The lowest BCUT2D eigenvalue weighted by atomic mass is 10.4. The summed E-state index contributed by atoms with van der Waals surface area (Å²) in [6, 6.07) is 3.41. The fraction of sp³-hybridized carbons (Fsp3) is 0.500. The fourth-order valence-electron chi connectivity index (χ4n) is 1.45. The lowest BCUT2D eigenvalue weighted by molar-refractivity contribution is 0.586. The van der Waals surface area contributed by atoms with Gasteiger partial charge in [-0.2, -0.15) is 0 Å². The summed E-state index contributed by atoms with van der Waals surface area (Å²) < 4.78 is 22.4. The average molecular weight is 228 g/mol. The van der Waals surface area contributed by atoms with Crippen molar-refractivity contribution in [3.8, 4) is 0 Å². The van der Waals surface area contributed by atoms with Crippen LogP contribution in [0.3, 0.4) is 0 Å². The maximum absolute atomic E-state index is 11.2. The molecule has 15 heavy (non-hydrogen) atoms. The van der Waals surface area contributed by atoms with Crippen molar-refractivity contribution >= 4 is 21.5 Å². The van der Waals surface area contributed by atoms with Crippen LogP contribution in [-0.2, 0) is 9.84 Å². The Morgan fingerprint density at radius 2 is 1.87 bits per heavy atom. The summed E-state index contributed by atoms with van der Waals surface area (Å²) in [6.45, 7) is 0.946. The highest BCUT2D eigenvalue weighted by Crippen LogP contribution is 2.13. The van der Waals surface area contributed by atoms with Gasteiger partial charge >= 0.3 is 0 Å². The number of nitrogens with two attached hydrogens (primary N) is 1. The lowest BCUT2D eigenvalue weighted by Crippen LogP contribution is -2.40. The predicted octanol–water partition coefficient (Wildman–Crippen LogP) is -0.706. The zero-order valence-corrected chi connectivity index (χ0v) is 8.94. The molecule has 7 heteroatoms. The van der Waals surface area contributed by atoms with Gasteiger partial charge < -0.3 is 10.6 Å². The second-order valence-corrected chi connectivity index (χ2v) is 5.76. The molecule has 82 valence electrons. The zero-order valence-electron chi connectivity index (χ0n) is 8.13.